The van der Waals surface area contributed by atoms with Gasteiger partial charge in [0.15, 0.2) is 0 Å². The summed E-state index contributed by atoms with van der Waals surface area (Å²) in [7, 11) is 1.64. The Labute approximate surface area is 102 Å². The Morgan fingerprint density at radius 1 is 1.53 bits per heavy atom. The second-order valence-corrected chi connectivity index (χ2v) is 3.82. The minimum atomic E-state index is -0.849. The van der Waals surface area contributed by atoms with Gasteiger partial charge in [0.25, 0.3) is 0 Å². The van der Waals surface area contributed by atoms with E-state index in [9.17, 15) is 4.79 Å². The fourth-order valence-electron chi connectivity index (χ4n) is 1.54. The number of nitrogens with one attached hydrogen (secondary N) is 1. The Hall–Kier alpha value is -1.55. The first-order valence-electron chi connectivity index (χ1n) is 5.79. The van der Waals surface area contributed by atoms with Crippen molar-refractivity contribution in [2.45, 2.75) is 25.8 Å². The fraction of sp³-hybridized carbons (Fsp3) is 0.462. The van der Waals surface area contributed by atoms with E-state index in [0.717, 1.165) is 12.2 Å². The average molecular weight is 237 g/mol. The summed E-state index contributed by atoms with van der Waals surface area (Å²) in [6.45, 7) is 2.48. The molecule has 0 heterocycles. The van der Waals surface area contributed by atoms with E-state index >= 15 is 0 Å². The van der Waals surface area contributed by atoms with E-state index in [1.54, 1.807) is 7.05 Å². The molecule has 0 aliphatic rings. The maximum atomic E-state index is 10.8. The van der Waals surface area contributed by atoms with Crippen LogP contribution in [0.3, 0.4) is 0 Å². The van der Waals surface area contributed by atoms with Crippen molar-refractivity contribution in [3.05, 3.63) is 29.8 Å². The van der Waals surface area contributed by atoms with Gasteiger partial charge in [-0.15, -0.1) is 0 Å². The Bertz CT molecular complexity index is 365. The zero-order valence-electron chi connectivity index (χ0n) is 10.3. The van der Waals surface area contributed by atoms with Crippen LogP contribution in [0.2, 0.25) is 0 Å². The van der Waals surface area contributed by atoms with Crippen molar-refractivity contribution < 1.29 is 14.6 Å². The smallest absolute Gasteiger partial charge is 0.320 e. The molecule has 0 fully saturated rings. The van der Waals surface area contributed by atoms with Crippen molar-refractivity contribution >= 4 is 5.97 Å². The molecular weight excluding hydrogens is 218 g/mol. The number of aryl methyl sites for hydroxylation is 1. The Morgan fingerprint density at radius 3 is 2.88 bits per heavy atom. The van der Waals surface area contributed by atoms with Crippen LogP contribution < -0.4 is 10.1 Å². The molecule has 4 heteroatoms. The molecule has 4 nitrogen and oxygen atoms in total. The van der Waals surface area contributed by atoms with Crippen LogP contribution in [0.5, 0.6) is 5.75 Å². The molecule has 0 aromatic heterocycles. The summed E-state index contributed by atoms with van der Waals surface area (Å²) in [4.78, 5) is 10.8. The molecule has 0 spiro atoms. The number of hydrogen-bond donors (Lipinski definition) is 2. The highest BCUT2D eigenvalue weighted by Crippen LogP contribution is 2.14. The summed E-state index contributed by atoms with van der Waals surface area (Å²) in [6, 6.07) is 7.30. The SMILES string of the molecule is CCc1cccc(OCCC(NC)C(=O)O)c1. The van der Waals surface area contributed by atoms with Gasteiger partial charge in [0.1, 0.15) is 11.8 Å². The number of hydrogen-bond acceptors (Lipinski definition) is 3. The number of benzene rings is 1. The standard InChI is InChI=1S/C13H19NO3/c1-3-10-5-4-6-11(9-10)17-8-7-12(14-2)13(15)16/h4-6,9,12,14H,3,7-8H2,1-2H3,(H,15,16). The van der Waals surface area contributed by atoms with E-state index in [-0.39, 0.29) is 0 Å². The van der Waals surface area contributed by atoms with E-state index in [0.29, 0.717) is 13.0 Å². The lowest BCUT2D eigenvalue weighted by molar-refractivity contribution is -0.139. The Morgan fingerprint density at radius 2 is 2.29 bits per heavy atom. The van der Waals surface area contributed by atoms with Crippen LogP contribution in [0, 0.1) is 0 Å². The van der Waals surface area contributed by atoms with Crippen LogP contribution in [0.25, 0.3) is 0 Å². The molecule has 0 aliphatic carbocycles. The van der Waals surface area contributed by atoms with Gasteiger partial charge in [0.05, 0.1) is 6.61 Å². The van der Waals surface area contributed by atoms with Crippen molar-refractivity contribution in [2.24, 2.45) is 0 Å². The molecule has 1 aromatic carbocycles. The topological polar surface area (TPSA) is 58.6 Å². The summed E-state index contributed by atoms with van der Waals surface area (Å²) in [5, 5.41) is 11.6. The van der Waals surface area contributed by atoms with Crippen molar-refractivity contribution in [3.8, 4) is 5.75 Å². The molecule has 0 saturated heterocycles. The Balaban J connectivity index is 2.42. The van der Waals surface area contributed by atoms with Gasteiger partial charge in [-0.2, -0.15) is 0 Å². The van der Waals surface area contributed by atoms with Gasteiger partial charge in [-0.1, -0.05) is 19.1 Å². The van der Waals surface area contributed by atoms with Crippen molar-refractivity contribution in [1.29, 1.82) is 0 Å². The van der Waals surface area contributed by atoms with Crippen molar-refractivity contribution in [2.75, 3.05) is 13.7 Å². The molecule has 0 saturated carbocycles. The summed E-state index contributed by atoms with van der Waals surface area (Å²) in [5.41, 5.74) is 1.21. The predicted molar refractivity (Wildman–Crippen MR) is 66.4 cm³/mol. The van der Waals surface area contributed by atoms with Crippen molar-refractivity contribution in [1.82, 2.24) is 5.32 Å². The largest absolute Gasteiger partial charge is 0.494 e. The molecule has 94 valence electrons. The molecule has 1 atom stereocenters. The molecule has 17 heavy (non-hydrogen) atoms. The average Bonchev–Trinajstić information content (AvgIpc) is 2.34. The molecule has 0 radical (unpaired) electrons. The zero-order chi connectivity index (χ0) is 12.7. The third kappa shape index (κ3) is 4.44. The monoisotopic (exact) mass is 237 g/mol. The van der Waals surface area contributed by atoms with Crippen LogP contribution in [0.4, 0.5) is 0 Å². The molecule has 0 amide bonds. The number of carbonyl (C=O) groups is 1. The van der Waals surface area contributed by atoms with Gasteiger partial charge in [0.2, 0.25) is 0 Å². The number of ether oxygens (including phenoxy) is 1. The predicted octanol–water partition coefficient (Wildman–Crippen LogP) is 1.69. The van der Waals surface area contributed by atoms with Gasteiger partial charge in [-0.3, -0.25) is 4.79 Å². The van der Waals surface area contributed by atoms with Crippen molar-refractivity contribution in [3.63, 3.8) is 0 Å². The quantitative estimate of drug-likeness (QED) is 0.757. The first-order valence-corrected chi connectivity index (χ1v) is 5.79. The second-order valence-electron chi connectivity index (χ2n) is 3.82. The normalized spacial score (nSPS) is 12.1. The highest BCUT2D eigenvalue weighted by atomic mass is 16.5. The molecule has 0 aliphatic heterocycles. The van der Waals surface area contributed by atoms with Crippen LogP contribution in [0.1, 0.15) is 18.9 Å². The molecule has 1 unspecified atom stereocenters. The maximum Gasteiger partial charge on any atom is 0.320 e. The van der Waals surface area contributed by atoms with E-state index in [1.165, 1.54) is 5.56 Å². The lowest BCUT2D eigenvalue weighted by Gasteiger charge is -2.12. The second kappa shape index (κ2) is 6.91. The number of carboxylic acids is 1. The number of likely N-dealkylation sites (N-methyl/N-ethyl adjacent to an activating group) is 1. The maximum absolute atomic E-state index is 10.8. The van der Waals surface area contributed by atoms with Gasteiger partial charge in [-0.05, 0) is 31.2 Å². The Kier molecular flexibility index (Phi) is 5.49. The lowest BCUT2D eigenvalue weighted by Crippen LogP contribution is -2.35. The van der Waals surface area contributed by atoms with E-state index in [2.05, 4.69) is 12.2 Å². The van der Waals surface area contributed by atoms with Crippen LogP contribution in [-0.2, 0) is 11.2 Å². The summed E-state index contributed by atoms with van der Waals surface area (Å²) in [5.74, 6) is -0.0528. The first-order chi connectivity index (χ1) is 8.17. The first kappa shape index (κ1) is 13.5. The van der Waals surface area contributed by atoms with Gasteiger partial charge in [0, 0.05) is 6.42 Å². The summed E-state index contributed by atoms with van der Waals surface area (Å²) >= 11 is 0. The van der Waals surface area contributed by atoms with E-state index in [1.807, 2.05) is 24.3 Å². The highest BCUT2D eigenvalue weighted by Gasteiger charge is 2.14. The molecular formula is C13H19NO3. The summed E-state index contributed by atoms with van der Waals surface area (Å²) < 4.78 is 5.53. The van der Waals surface area contributed by atoms with Gasteiger partial charge < -0.3 is 15.2 Å². The zero-order valence-corrected chi connectivity index (χ0v) is 10.3. The third-order valence-corrected chi connectivity index (χ3v) is 2.63. The molecule has 0 bridgehead atoms. The van der Waals surface area contributed by atoms with Gasteiger partial charge in [-0.25, -0.2) is 0 Å². The van der Waals surface area contributed by atoms with Crippen LogP contribution in [0.15, 0.2) is 24.3 Å². The number of rotatable bonds is 7. The van der Waals surface area contributed by atoms with Crippen LogP contribution >= 0.6 is 0 Å². The molecule has 2 N–H and O–H groups in total. The third-order valence-electron chi connectivity index (χ3n) is 2.63. The minimum Gasteiger partial charge on any atom is -0.494 e. The fourth-order valence-corrected chi connectivity index (χ4v) is 1.54. The van der Waals surface area contributed by atoms with Gasteiger partial charge >= 0.3 is 5.97 Å². The number of aliphatic carboxylic acids is 1. The lowest BCUT2D eigenvalue weighted by atomic mass is 10.2. The summed E-state index contributed by atoms with van der Waals surface area (Å²) in [6.07, 6.45) is 1.41. The molecule has 1 aromatic rings. The highest BCUT2D eigenvalue weighted by molar-refractivity contribution is 5.73. The molecule has 1 rings (SSSR count). The number of carboxylic acid groups (broad SMARTS) is 1. The van der Waals surface area contributed by atoms with Crippen LogP contribution in [-0.4, -0.2) is 30.8 Å². The van der Waals surface area contributed by atoms with E-state index < -0.39 is 12.0 Å². The minimum absolute atomic E-state index is 0.394. The van der Waals surface area contributed by atoms with E-state index in [4.69, 9.17) is 9.84 Å².